The Morgan fingerprint density at radius 3 is 2.83 bits per heavy atom. The number of carbonyl (C=O) groups is 1. The zero-order chi connectivity index (χ0) is 16.8. The number of hydrogen-bond donors (Lipinski definition) is 3. The SMILES string of the molecule is Nc1nc(SCC(=O)Nc2nnc(SCc3ccccc3)s2)n[nH]1. The van der Waals surface area contributed by atoms with E-state index in [0.29, 0.717) is 10.3 Å². The number of thioether (sulfide) groups is 2. The first-order chi connectivity index (χ1) is 11.7. The molecule has 0 radical (unpaired) electrons. The van der Waals surface area contributed by atoms with E-state index in [9.17, 15) is 4.79 Å². The first-order valence-electron chi connectivity index (χ1n) is 6.80. The summed E-state index contributed by atoms with van der Waals surface area (Å²) in [5.74, 6) is 1.01. The van der Waals surface area contributed by atoms with E-state index in [1.807, 2.05) is 18.2 Å². The van der Waals surface area contributed by atoms with Crippen molar-refractivity contribution in [3.05, 3.63) is 35.9 Å². The lowest BCUT2D eigenvalue weighted by atomic mass is 10.2. The molecule has 124 valence electrons. The molecule has 0 aliphatic heterocycles. The molecule has 0 bridgehead atoms. The molecule has 24 heavy (non-hydrogen) atoms. The van der Waals surface area contributed by atoms with Gasteiger partial charge in [-0.05, 0) is 5.56 Å². The summed E-state index contributed by atoms with van der Waals surface area (Å²) in [5, 5.41) is 18.0. The summed E-state index contributed by atoms with van der Waals surface area (Å²) in [6.07, 6.45) is 0. The van der Waals surface area contributed by atoms with Crippen molar-refractivity contribution in [1.82, 2.24) is 25.4 Å². The summed E-state index contributed by atoms with van der Waals surface area (Å²) in [5.41, 5.74) is 6.63. The van der Waals surface area contributed by atoms with Crippen LogP contribution in [0.3, 0.4) is 0 Å². The van der Waals surface area contributed by atoms with Crippen LogP contribution in [0.1, 0.15) is 5.56 Å². The van der Waals surface area contributed by atoms with Gasteiger partial charge in [0.2, 0.25) is 22.1 Å². The number of benzene rings is 1. The largest absolute Gasteiger partial charge is 0.368 e. The molecule has 2 heterocycles. The van der Waals surface area contributed by atoms with Crippen molar-refractivity contribution >= 4 is 51.8 Å². The zero-order valence-corrected chi connectivity index (χ0v) is 14.7. The van der Waals surface area contributed by atoms with E-state index in [0.717, 1.165) is 10.1 Å². The van der Waals surface area contributed by atoms with Gasteiger partial charge < -0.3 is 5.73 Å². The van der Waals surface area contributed by atoms with Gasteiger partial charge in [0.25, 0.3) is 0 Å². The van der Waals surface area contributed by atoms with Gasteiger partial charge in [0.1, 0.15) is 0 Å². The molecule has 3 rings (SSSR count). The Morgan fingerprint density at radius 2 is 2.08 bits per heavy atom. The fourth-order valence-corrected chi connectivity index (χ4v) is 3.98. The van der Waals surface area contributed by atoms with Gasteiger partial charge in [-0.2, -0.15) is 4.98 Å². The minimum Gasteiger partial charge on any atom is -0.368 e. The Labute approximate surface area is 150 Å². The minimum atomic E-state index is -0.195. The Morgan fingerprint density at radius 1 is 1.25 bits per heavy atom. The van der Waals surface area contributed by atoms with E-state index in [2.05, 4.69) is 42.8 Å². The highest BCUT2D eigenvalue weighted by atomic mass is 32.2. The van der Waals surface area contributed by atoms with E-state index in [4.69, 9.17) is 5.73 Å². The average Bonchev–Trinajstić information content (AvgIpc) is 3.21. The smallest absolute Gasteiger partial charge is 0.236 e. The maximum absolute atomic E-state index is 11.9. The summed E-state index contributed by atoms with van der Waals surface area (Å²) in [4.78, 5) is 15.8. The van der Waals surface area contributed by atoms with E-state index in [-0.39, 0.29) is 17.6 Å². The molecule has 11 heteroatoms. The van der Waals surface area contributed by atoms with Gasteiger partial charge in [-0.3, -0.25) is 10.1 Å². The van der Waals surface area contributed by atoms with Crippen molar-refractivity contribution in [2.45, 2.75) is 15.2 Å². The van der Waals surface area contributed by atoms with Crippen LogP contribution in [0.15, 0.2) is 39.8 Å². The molecule has 4 N–H and O–H groups in total. The van der Waals surface area contributed by atoms with Crippen molar-refractivity contribution < 1.29 is 4.79 Å². The molecule has 8 nitrogen and oxygen atoms in total. The van der Waals surface area contributed by atoms with Crippen molar-refractivity contribution in [2.75, 3.05) is 16.8 Å². The van der Waals surface area contributed by atoms with Crippen LogP contribution in [-0.4, -0.2) is 37.0 Å². The van der Waals surface area contributed by atoms with E-state index < -0.39 is 0 Å². The number of aromatic nitrogens is 5. The lowest BCUT2D eigenvalue weighted by Gasteiger charge is -1.98. The minimum absolute atomic E-state index is 0.170. The number of nitrogens with two attached hydrogens (primary N) is 1. The molecule has 1 aromatic carbocycles. The van der Waals surface area contributed by atoms with Crippen LogP contribution < -0.4 is 11.1 Å². The van der Waals surface area contributed by atoms with Crippen molar-refractivity contribution in [3.63, 3.8) is 0 Å². The molecular weight excluding hydrogens is 366 g/mol. The van der Waals surface area contributed by atoms with Gasteiger partial charge in [0.05, 0.1) is 5.75 Å². The van der Waals surface area contributed by atoms with Gasteiger partial charge >= 0.3 is 0 Å². The molecule has 0 fully saturated rings. The van der Waals surface area contributed by atoms with Crippen LogP contribution in [0, 0.1) is 0 Å². The van der Waals surface area contributed by atoms with E-state index >= 15 is 0 Å². The van der Waals surface area contributed by atoms with Crippen LogP contribution >= 0.6 is 34.9 Å². The fourth-order valence-electron chi connectivity index (χ4n) is 1.65. The Kier molecular flexibility index (Phi) is 5.67. The lowest BCUT2D eigenvalue weighted by molar-refractivity contribution is -0.113. The molecule has 1 amide bonds. The fraction of sp³-hybridized carbons (Fsp3) is 0.154. The first kappa shape index (κ1) is 16.7. The van der Waals surface area contributed by atoms with Gasteiger partial charge in [0, 0.05) is 5.75 Å². The number of nitrogens with zero attached hydrogens (tertiary/aromatic N) is 4. The van der Waals surface area contributed by atoms with Crippen LogP contribution in [0.2, 0.25) is 0 Å². The number of nitrogens with one attached hydrogen (secondary N) is 2. The number of amides is 1. The molecular formula is C13H13N7OS3. The molecule has 0 atom stereocenters. The van der Waals surface area contributed by atoms with E-state index in [1.54, 1.807) is 11.8 Å². The highest BCUT2D eigenvalue weighted by Gasteiger charge is 2.11. The van der Waals surface area contributed by atoms with Crippen LogP contribution in [0.25, 0.3) is 0 Å². The predicted octanol–water partition coefficient (Wildman–Crippen LogP) is 2.26. The number of hydrogen-bond acceptors (Lipinski definition) is 9. The molecule has 3 aromatic rings. The highest BCUT2D eigenvalue weighted by molar-refractivity contribution is 8.00. The van der Waals surface area contributed by atoms with Gasteiger partial charge in [-0.25, -0.2) is 5.10 Å². The number of nitrogen functional groups attached to an aromatic ring is 1. The first-order valence-corrected chi connectivity index (χ1v) is 9.58. The van der Waals surface area contributed by atoms with Crippen LogP contribution in [-0.2, 0) is 10.5 Å². The maximum atomic E-state index is 11.9. The quantitative estimate of drug-likeness (QED) is 0.422. The summed E-state index contributed by atoms with van der Waals surface area (Å²) >= 11 is 4.12. The number of anilines is 2. The second-order valence-electron chi connectivity index (χ2n) is 4.49. The Bertz CT molecular complexity index is 805. The normalized spacial score (nSPS) is 10.7. The standard InChI is InChI=1S/C13H13N7OS3/c14-10-16-11(18-17-10)22-7-9(21)15-12-19-20-13(24-12)23-6-8-4-2-1-3-5-8/h1-5H,6-7H2,(H,15,19,21)(H3,14,16,17,18). The molecule has 0 aliphatic carbocycles. The van der Waals surface area contributed by atoms with Crippen molar-refractivity contribution in [1.29, 1.82) is 0 Å². The van der Waals surface area contributed by atoms with Gasteiger partial charge in [-0.15, -0.1) is 15.3 Å². The average molecular weight is 379 g/mol. The van der Waals surface area contributed by atoms with Crippen LogP contribution in [0.4, 0.5) is 11.1 Å². The number of H-pyrrole nitrogens is 1. The third kappa shape index (κ3) is 4.94. The molecule has 0 spiro atoms. The monoisotopic (exact) mass is 379 g/mol. The Balaban J connectivity index is 1.45. The number of rotatable bonds is 7. The molecule has 0 saturated heterocycles. The molecule has 0 saturated carbocycles. The predicted molar refractivity (Wildman–Crippen MR) is 96.1 cm³/mol. The zero-order valence-electron chi connectivity index (χ0n) is 12.3. The lowest BCUT2D eigenvalue weighted by Crippen LogP contribution is -2.13. The second kappa shape index (κ2) is 8.13. The summed E-state index contributed by atoms with van der Waals surface area (Å²) < 4.78 is 0.809. The number of carbonyl (C=O) groups excluding carboxylic acids is 1. The van der Waals surface area contributed by atoms with Crippen molar-refractivity contribution in [2.24, 2.45) is 0 Å². The third-order valence-electron chi connectivity index (χ3n) is 2.67. The summed E-state index contributed by atoms with van der Waals surface area (Å²) in [6.45, 7) is 0. The number of aromatic amines is 1. The van der Waals surface area contributed by atoms with E-state index in [1.165, 1.54) is 28.7 Å². The second-order valence-corrected chi connectivity index (χ2v) is 7.63. The summed E-state index contributed by atoms with van der Waals surface area (Å²) in [6, 6.07) is 10.1. The molecule has 0 aliphatic rings. The molecule has 0 unspecified atom stereocenters. The Hall–Kier alpha value is -2.11. The summed E-state index contributed by atoms with van der Waals surface area (Å²) in [7, 11) is 0. The maximum Gasteiger partial charge on any atom is 0.236 e. The topological polar surface area (TPSA) is 122 Å². The highest BCUT2D eigenvalue weighted by Crippen LogP contribution is 2.28. The van der Waals surface area contributed by atoms with Gasteiger partial charge in [-0.1, -0.05) is 65.2 Å². The third-order valence-corrected chi connectivity index (χ3v) is 5.56. The molecule has 2 aromatic heterocycles. The van der Waals surface area contributed by atoms with Gasteiger partial charge in [0.15, 0.2) is 4.34 Å². The van der Waals surface area contributed by atoms with Crippen molar-refractivity contribution in [3.8, 4) is 0 Å². The van der Waals surface area contributed by atoms with Crippen LogP contribution in [0.5, 0.6) is 0 Å².